The van der Waals surface area contributed by atoms with Crippen molar-refractivity contribution in [2.24, 2.45) is 5.41 Å². The molecule has 0 aromatic heterocycles. The Kier molecular flexibility index (Phi) is 7.40. The maximum Gasteiger partial charge on any atom is 0.458 e. The highest BCUT2D eigenvalue weighted by Crippen LogP contribution is 2.47. The smallest absolute Gasteiger partial charge is 0.323 e. The van der Waals surface area contributed by atoms with E-state index in [-0.39, 0.29) is 21.8 Å². The lowest BCUT2D eigenvalue weighted by Crippen LogP contribution is -2.58. The van der Waals surface area contributed by atoms with Gasteiger partial charge in [0.1, 0.15) is 17.5 Å². The van der Waals surface area contributed by atoms with Crippen LogP contribution >= 0.6 is 0 Å². The van der Waals surface area contributed by atoms with Crippen molar-refractivity contribution < 1.29 is 40.6 Å². The fourth-order valence-electron chi connectivity index (χ4n) is 5.07. The van der Waals surface area contributed by atoms with E-state index in [1.165, 1.54) is 42.7 Å². The van der Waals surface area contributed by atoms with E-state index in [9.17, 15) is 22.0 Å². The second-order valence-corrected chi connectivity index (χ2v) is 10.2. The summed E-state index contributed by atoms with van der Waals surface area (Å²) in [6.07, 6.45) is 0.548. The number of alkyl halides is 3. The molecule has 0 N–H and O–H groups in total. The van der Waals surface area contributed by atoms with Crippen molar-refractivity contribution in [3.8, 4) is 23.0 Å². The van der Waals surface area contributed by atoms with E-state index in [4.69, 9.17) is 14.2 Å². The Hall–Kier alpha value is -3.06. The molecular formula is C30H26F6O3. The molecule has 0 atom stereocenters. The van der Waals surface area contributed by atoms with Gasteiger partial charge in [0, 0.05) is 27.8 Å². The van der Waals surface area contributed by atoms with E-state index in [1.807, 2.05) is 0 Å². The summed E-state index contributed by atoms with van der Waals surface area (Å²) >= 11 is 0. The predicted molar refractivity (Wildman–Crippen MR) is 133 cm³/mol. The summed E-state index contributed by atoms with van der Waals surface area (Å²) in [6.45, 7) is 3.49. The highest BCUT2D eigenvalue weighted by atomic mass is 19.4. The number of hydrogen-bond donors (Lipinski definition) is 0. The van der Waals surface area contributed by atoms with Gasteiger partial charge in [0.15, 0.2) is 0 Å². The minimum atomic E-state index is -4.89. The largest absolute Gasteiger partial charge is 0.458 e. The first-order valence-corrected chi connectivity index (χ1v) is 12.8. The van der Waals surface area contributed by atoms with E-state index in [0.717, 1.165) is 37.7 Å². The number of fused-ring (bicyclic) bond motifs is 4. The Morgan fingerprint density at radius 3 is 2.21 bits per heavy atom. The molecule has 3 aliphatic rings. The van der Waals surface area contributed by atoms with Crippen molar-refractivity contribution in [2.75, 3.05) is 19.8 Å². The zero-order chi connectivity index (χ0) is 27.8. The van der Waals surface area contributed by atoms with Crippen LogP contribution in [0.25, 0.3) is 21.9 Å². The van der Waals surface area contributed by atoms with Gasteiger partial charge in [0.05, 0.1) is 25.4 Å². The Morgan fingerprint density at radius 2 is 1.56 bits per heavy atom. The molecule has 3 aromatic rings. The molecule has 2 bridgehead atoms. The van der Waals surface area contributed by atoms with Crippen LogP contribution in [0.5, 0.6) is 0 Å². The summed E-state index contributed by atoms with van der Waals surface area (Å²) in [5, 5.41) is -0.0905. The zero-order valence-electron chi connectivity index (χ0n) is 21.2. The van der Waals surface area contributed by atoms with Gasteiger partial charge < -0.3 is 14.2 Å². The van der Waals surface area contributed by atoms with Crippen molar-refractivity contribution in [1.29, 1.82) is 0 Å². The van der Waals surface area contributed by atoms with Crippen LogP contribution < -0.4 is 0 Å². The quantitative estimate of drug-likeness (QED) is 0.170. The number of benzene rings is 3. The molecule has 3 heterocycles. The van der Waals surface area contributed by atoms with Crippen LogP contribution in [0.3, 0.4) is 0 Å². The summed E-state index contributed by atoms with van der Waals surface area (Å²) < 4.78 is 99.6. The van der Waals surface area contributed by atoms with Gasteiger partial charge in [-0.15, -0.1) is 0 Å². The predicted octanol–water partition coefficient (Wildman–Crippen LogP) is 7.98. The van der Waals surface area contributed by atoms with Gasteiger partial charge in [-0.2, -0.15) is 13.2 Å². The monoisotopic (exact) mass is 548 g/mol. The summed E-state index contributed by atoms with van der Waals surface area (Å²) in [5.41, 5.74) is -0.364. The molecule has 0 spiro atoms. The highest BCUT2D eigenvalue weighted by molar-refractivity contribution is 5.89. The van der Waals surface area contributed by atoms with E-state index in [2.05, 4.69) is 6.92 Å². The van der Waals surface area contributed by atoms with Crippen molar-refractivity contribution >= 4 is 10.8 Å². The minimum absolute atomic E-state index is 0.0481. The lowest BCUT2D eigenvalue weighted by atomic mass is 9.82. The number of ether oxygens (including phenoxy) is 3. The average Bonchev–Trinajstić information content (AvgIpc) is 2.91. The van der Waals surface area contributed by atoms with E-state index < -0.39 is 35.2 Å². The van der Waals surface area contributed by atoms with Crippen LogP contribution in [0.15, 0.2) is 42.5 Å². The van der Waals surface area contributed by atoms with Gasteiger partial charge in [0.25, 0.3) is 0 Å². The fourth-order valence-corrected chi connectivity index (χ4v) is 5.07. The van der Waals surface area contributed by atoms with Crippen molar-refractivity contribution in [1.82, 2.24) is 0 Å². The SMILES string of the molecule is CCCCCCC12COC(c3ccc(-c4ccc5c(F)c(C#CC(F)(F)F)c(F)cc5c4)c(F)c3)(OC1)OC2. The molecule has 6 rings (SSSR count). The minimum Gasteiger partial charge on any atom is -0.323 e. The third kappa shape index (κ3) is 5.51. The lowest BCUT2D eigenvalue weighted by molar-refractivity contribution is -0.480. The van der Waals surface area contributed by atoms with Gasteiger partial charge in [-0.1, -0.05) is 62.8 Å². The first-order valence-electron chi connectivity index (χ1n) is 12.8. The first-order chi connectivity index (χ1) is 18.5. The summed E-state index contributed by atoms with van der Waals surface area (Å²) in [4.78, 5) is 0. The second-order valence-electron chi connectivity index (χ2n) is 10.2. The summed E-state index contributed by atoms with van der Waals surface area (Å²) in [6, 6.07) is 9.24. The Balaban J connectivity index is 1.37. The van der Waals surface area contributed by atoms with Crippen LogP contribution in [-0.4, -0.2) is 26.0 Å². The summed E-state index contributed by atoms with van der Waals surface area (Å²) in [7, 11) is 0. The van der Waals surface area contributed by atoms with Gasteiger partial charge in [0.2, 0.25) is 0 Å². The molecule has 9 heteroatoms. The van der Waals surface area contributed by atoms with E-state index in [0.29, 0.717) is 30.9 Å². The van der Waals surface area contributed by atoms with Crippen molar-refractivity contribution in [3.63, 3.8) is 0 Å². The summed E-state index contributed by atoms with van der Waals surface area (Å²) in [5.74, 6) is -2.19. The molecule has 0 radical (unpaired) electrons. The zero-order valence-corrected chi connectivity index (χ0v) is 21.2. The Bertz CT molecular complexity index is 1430. The molecule has 39 heavy (non-hydrogen) atoms. The second kappa shape index (κ2) is 10.5. The molecule has 3 aliphatic heterocycles. The van der Waals surface area contributed by atoms with Gasteiger partial charge >= 0.3 is 12.1 Å². The van der Waals surface area contributed by atoms with Crippen LogP contribution in [0.1, 0.15) is 50.2 Å². The van der Waals surface area contributed by atoms with Gasteiger partial charge in [-0.3, -0.25) is 0 Å². The lowest BCUT2D eigenvalue weighted by Gasteiger charge is -2.52. The molecule has 3 fully saturated rings. The molecule has 3 nitrogen and oxygen atoms in total. The Labute approximate surface area is 222 Å². The normalized spacial score (nSPS) is 22.6. The maximum absolute atomic E-state index is 15.3. The van der Waals surface area contributed by atoms with Gasteiger partial charge in [-0.25, -0.2) is 13.2 Å². The van der Waals surface area contributed by atoms with Crippen molar-refractivity contribution in [3.05, 3.63) is 71.0 Å². The standard InChI is InChI=1S/C30H26F6O3/c1-2-3-4-5-11-28-16-37-30(38-17-28,39-18-28)21-7-9-22(26(32)15-21)19-6-8-23-20(13-19)14-25(31)24(27(23)33)10-12-29(34,35)36/h6-9,13-15H,2-5,11,16-18H2,1H3. The third-order valence-electron chi connectivity index (χ3n) is 7.26. The molecule has 0 aliphatic carbocycles. The molecule has 3 saturated heterocycles. The maximum atomic E-state index is 15.3. The molecule has 206 valence electrons. The van der Waals surface area contributed by atoms with Gasteiger partial charge in [-0.05, 0) is 35.6 Å². The van der Waals surface area contributed by atoms with Crippen LogP contribution in [0.2, 0.25) is 0 Å². The molecular weight excluding hydrogens is 522 g/mol. The molecule has 0 unspecified atom stereocenters. The Morgan fingerprint density at radius 1 is 0.846 bits per heavy atom. The number of hydrogen-bond acceptors (Lipinski definition) is 3. The average molecular weight is 549 g/mol. The number of rotatable bonds is 7. The third-order valence-corrected chi connectivity index (χ3v) is 7.26. The molecule has 0 saturated carbocycles. The van der Waals surface area contributed by atoms with Crippen molar-refractivity contribution in [2.45, 2.75) is 51.2 Å². The molecule has 3 aromatic carbocycles. The number of halogens is 6. The van der Waals surface area contributed by atoms with E-state index in [1.54, 1.807) is 6.07 Å². The first kappa shape index (κ1) is 27.5. The topological polar surface area (TPSA) is 27.7 Å². The highest BCUT2D eigenvalue weighted by Gasteiger charge is 2.53. The van der Waals surface area contributed by atoms with E-state index >= 15 is 4.39 Å². The fraction of sp³-hybridized carbons (Fsp3) is 0.400. The van der Waals surface area contributed by atoms with Crippen LogP contribution in [-0.2, 0) is 20.2 Å². The van der Waals surface area contributed by atoms with Crippen LogP contribution in [0.4, 0.5) is 26.3 Å². The van der Waals surface area contributed by atoms with Crippen LogP contribution in [0, 0.1) is 34.7 Å². The molecule has 0 amide bonds. The number of unbranched alkanes of at least 4 members (excludes halogenated alkanes) is 3.